The van der Waals surface area contributed by atoms with Gasteiger partial charge in [0.05, 0.1) is 0 Å². The molecule has 1 aromatic rings. The molecule has 2 aliphatic heterocycles. The number of urea groups is 1. The topological polar surface area (TPSA) is 69.7 Å². The van der Waals surface area contributed by atoms with Gasteiger partial charge < -0.3 is 10.2 Å². The molecule has 1 N–H and O–H groups in total. The quantitative estimate of drug-likeness (QED) is 0.842. The Morgan fingerprint density at radius 1 is 1.23 bits per heavy atom. The van der Waals surface area contributed by atoms with Gasteiger partial charge in [-0.3, -0.25) is 14.5 Å². The van der Waals surface area contributed by atoms with E-state index in [4.69, 9.17) is 0 Å². The van der Waals surface area contributed by atoms with E-state index in [9.17, 15) is 14.4 Å². The average Bonchev–Trinajstić information content (AvgIpc) is 2.86. The van der Waals surface area contributed by atoms with Gasteiger partial charge in [-0.2, -0.15) is 0 Å². The third kappa shape index (κ3) is 3.20. The largest absolute Gasteiger partial charge is 0.338 e. The first kappa shape index (κ1) is 18.4. The molecule has 0 aliphatic carbocycles. The second-order valence-corrected chi connectivity index (χ2v) is 7.46. The summed E-state index contributed by atoms with van der Waals surface area (Å²) >= 11 is 0. The summed E-state index contributed by atoms with van der Waals surface area (Å²) in [6.45, 7) is 6.24. The van der Waals surface area contributed by atoms with Gasteiger partial charge in [0.1, 0.15) is 12.1 Å². The van der Waals surface area contributed by atoms with Crippen molar-refractivity contribution < 1.29 is 14.4 Å². The highest BCUT2D eigenvalue weighted by Crippen LogP contribution is 2.29. The van der Waals surface area contributed by atoms with Crippen LogP contribution in [0.1, 0.15) is 50.7 Å². The summed E-state index contributed by atoms with van der Waals surface area (Å²) < 4.78 is 0. The van der Waals surface area contributed by atoms with Crippen LogP contribution in [0.2, 0.25) is 0 Å². The number of imide groups is 1. The number of amides is 4. The van der Waals surface area contributed by atoms with Gasteiger partial charge in [0.15, 0.2) is 0 Å². The average molecular weight is 357 g/mol. The Bertz CT molecular complexity index is 716. The molecule has 4 amide bonds. The number of likely N-dealkylation sites (tertiary alicyclic amines) is 1. The van der Waals surface area contributed by atoms with E-state index in [1.807, 2.05) is 36.1 Å². The minimum Gasteiger partial charge on any atom is -0.338 e. The van der Waals surface area contributed by atoms with Crippen LogP contribution in [-0.2, 0) is 15.1 Å². The van der Waals surface area contributed by atoms with Crippen molar-refractivity contribution in [3.8, 4) is 0 Å². The molecular weight excluding hydrogens is 330 g/mol. The highest BCUT2D eigenvalue weighted by atomic mass is 16.2. The van der Waals surface area contributed by atoms with Gasteiger partial charge in [0.2, 0.25) is 5.91 Å². The number of nitrogens with zero attached hydrogens (tertiary/aromatic N) is 2. The number of hydrogen-bond acceptors (Lipinski definition) is 3. The minimum absolute atomic E-state index is 0.145. The van der Waals surface area contributed by atoms with Crippen LogP contribution in [0.25, 0.3) is 0 Å². The number of nitrogens with one attached hydrogen (secondary N) is 1. The van der Waals surface area contributed by atoms with Crippen molar-refractivity contribution in [1.29, 1.82) is 0 Å². The molecule has 0 unspecified atom stereocenters. The summed E-state index contributed by atoms with van der Waals surface area (Å²) in [5, 5.41) is 2.77. The van der Waals surface area contributed by atoms with Crippen LogP contribution in [-0.4, -0.2) is 46.8 Å². The Balaban J connectivity index is 1.76. The molecule has 2 aliphatic rings. The third-order valence-electron chi connectivity index (χ3n) is 5.62. The molecule has 1 aromatic carbocycles. The zero-order valence-electron chi connectivity index (χ0n) is 15.7. The molecule has 0 bridgehead atoms. The van der Waals surface area contributed by atoms with E-state index < -0.39 is 11.6 Å². The lowest BCUT2D eigenvalue weighted by molar-refractivity contribution is -0.141. The zero-order chi connectivity index (χ0) is 18.9. The minimum atomic E-state index is -1.13. The summed E-state index contributed by atoms with van der Waals surface area (Å²) in [6.07, 6.45) is 3.98. The van der Waals surface area contributed by atoms with Crippen molar-refractivity contribution in [3.63, 3.8) is 0 Å². The van der Waals surface area contributed by atoms with E-state index in [-0.39, 0.29) is 24.4 Å². The Morgan fingerprint density at radius 2 is 1.92 bits per heavy atom. The second-order valence-electron chi connectivity index (χ2n) is 7.46. The number of rotatable bonds is 4. The van der Waals surface area contributed by atoms with Crippen LogP contribution in [0.5, 0.6) is 0 Å². The fraction of sp³-hybridized carbons (Fsp3) is 0.550. The summed E-state index contributed by atoms with van der Waals surface area (Å²) in [7, 11) is 0. The molecule has 0 spiro atoms. The summed E-state index contributed by atoms with van der Waals surface area (Å²) in [5.41, 5.74) is 0.676. The molecule has 3 rings (SSSR count). The molecule has 0 radical (unpaired) electrons. The molecule has 2 saturated heterocycles. The Hall–Kier alpha value is -2.37. The fourth-order valence-electron chi connectivity index (χ4n) is 3.90. The zero-order valence-corrected chi connectivity index (χ0v) is 15.7. The summed E-state index contributed by atoms with van der Waals surface area (Å²) in [4.78, 5) is 41.1. The Kier molecular flexibility index (Phi) is 5.03. The van der Waals surface area contributed by atoms with E-state index >= 15 is 0 Å². The van der Waals surface area contributed by atoms with Gasteiger partial charge in [0, 0.05) is 12.6 Å². The van der Waals surface area contributed by atoms with Gasteiger partial charge in [-0.25, -0.2) is 4.79 Å². The smallest absolute Gasteiger partial charge is 0.325 e. The number of piperidine rings is 1. The first-order valence-corrected chi connectivity index (χ1v) is 9.37. The van der Waals surface area contributed by atoms with Crippen molar-refractivity contribution in [2.24, 2.45) is 0 Å². The predicted molar refractivity (Wildman–Crippen MR) is 98.4 cm³/mol. The van der Waals surface area contributed by atoms with Crippen molar-refractivity contribution in [1.82, 2.24) is 15.1 Å². The first-order chi connectivity index (χ1) is 12.4. The van der Waals surface area contributed by atoms with Gasteiger partial charge >= 0.3 is 6.03 Å². The maximum atomic E-state index is 13.0. The Labute approximate surface area is 154 Å². The van der Waals surface area contributed by atoms with E-state index in [1.165, 1.54) is 0 Å². The van der Waals surface area contributed by atoms with E-state index in [2.05, 4.69) is 12.2 Å². The molecule has 2 fully saturated rings. The number of carbonyl (C=O) groups is 3. The molecule has 6 heteroatoms. The van der Waals surface area contributed by atoms with Crippen LogP contribution >= 0.6 is 0 Å². The van der Waals surface area contributed by atoms with E-state index in [1.54, 1.807) is 6.92 Å². The van der Waals surface area contributed by atoms with Crippen molar-refractivity contribution in [2.45, 2.75) is 58.0 Å². The monoisotopic (exact) mass is 357 g/mol. The normalized spacial score (nSPS) is 26.2. The van der Waals surface area contributed by atoms with Gasteiger partial charge in [-0.1, -0.05) is 36.8 Å². The van der Waals surface area contributed by atoms with Crippen molar-refractivity contribution in [3.05, 3.63) is 35.4 Å². The highest BCUT2D eigenvalue weighted by Gasteiger charge is 2.49. The lowest BCUT2D eigenvalue weighted by atomic mass is 9.91. The molecule has 26 heavy (non-hydrogen) atoms. The molecular formula is C20H27N3O3. The summed E-state index contributed by atoms with van der Waals surface area (Å²) in [6, 6.07) is 7.21. The van der Waals surface area contributed by atoms with E-state index in [0.717, 1.165) is 41.7 Å². The standard InChI is InChI=1S/C20H27N3O3/c1-4-16-7-5-6-12-22(16)17(24)13-23-18(25)20(3,21-19(23)26)15-10-8-14(2)9-11-15/h8-11,16H,4-7,12-13H2,1-3H3,(H,21,26)/t16-,20-/m1/s1. The first-order valence-electron chi connectivity index (χ1n) is 9.37. The van der Waals surface area contributed by atoms with Crippen LogP contribution in [0.15, 0.2) is 24.3 Å². The second kappa shape index (κ2) is 7.09. The van der Waals surface area contributed by atoms with Crippen LogP contribution in [0, 0.1) is 6.92 Å². The number of aryl methyl sites for hydroxylation is 1. The number of benzene rings is 1. The molecule has 140 valence electrons. The predicted octanol–water partition coefficient (Wildman–Crippen LogP) is 2.55. The molecule has 0 saturated carbocycles. The maximum absolute atomic E-state index is 13.0. The third-order valence-corrected chi connectivity index (χ3v) is 5.62. The fourth-order valence-corrected chi connectivity index (χ4v) is 3.90. The van der Waals surface area contributed by atoms with Gasteiger partial charge in [-0.15, -0.1) is 0 Å². The lowest BCUT2D eigenvalue weighted by Gasteiger charge is -2.36. The molecule has 2 atom stereocenters. The van der Waals surface area contributed by atoms with Gasteiger partial charge in [-0.05, 0) is 45.1 Å². The molecule has 0 aromatic heterocycles. The highest BCUT2D eigenvalue weighted by molar-refractivity contribution is 6.09. The van der Waals surface area contributed by atoms with Crippen LogP contribution in [0.4, 0.5) is 4.79 Å². The number of carbonyl (C=O) groups excluding carboxylic acids is 3. The van der Waals surface area contributed by atoms with Crippen LogP contribution < -0.4 is 5.32 Å². The summed E-state index contributed by atoms with van der Waals surface area (Å²) in [5.74, 6) is -0.516. The lowest BCUT2D eigenvalue weighted by Crippen LogP contribution is -2.49. The van der Waals surface area contributed by atoms with E-state index in [0.29, 0.717) is 6.54 Å². The molecule has 6 nitrogen and oxygen atoms in total. The van der Waals surface area contributed by atoms with Crippen LogP contribution in [0.3, 0.4) is 0 Å². The maximum Gasteiger partial charge on any atom is 0.325 e. The van der Waals surface area contributed by atoms with Crippen molar-refractivity contribution in [2.75, 3.05) is 13.1 Å². The molecule has 2 heterocycles. The van der Waals surface area contributed by atoms with Crippen molar-refractivity contribution >= 4 is 17.8 Å². The van der Waals surface area contributed by atoms with Gasteiger partial charge in [0.25, 0.3) is 5.91 Å². The Morgan fingerprint density at radius 3 is 2.58 bits per heavy atom. The SMILES string of the molecule is CC[C@@H]1CCCCN1C(=O)CN1C(=O)N[C@](C)(c2ccc(C)cc2)C1=O. The number of hydrogen-bond donors (Lipinski definition) is 1.